The highest BCUT2D eigenvalue weighted by Gasteiger charge is 2.13. The first-order valence-corrected chi connectivity index (χ1v) is 7.58. The van der Waals surface area contributed by atoms with Crippen molar-refractivity contribution in [3.05, 3.63) is 75.5 Å². The van der Waals surface area contributed by atoms with Crippen LogP contribution in [0.5, 0.6) is 0 Å². The molecule has 2 aromatic heterocycles. The largest absolute Gasteiger partial charge is 0.454 e. The SMILES string of the molecule is Cc1cc(C)n(Cc2ccc(C(=O)Nc3ccc([N+](=O)[O-])cc3)o2)n1. The summed E-state index contributed by atoms with van der Waals surface area (Å²) in [6.45, 7) is 4.30. The molecule has 8 nitrogen and oxygen atoms in total. The second-order valence-corrected chi connectivity index (χ2v) is 5.61. The standard InChI is InChI=1S/C17H16N4O4/c1-11-9-12(2)20(19-11)10-15-7-8-16(25-15)17(22)18-13-3-5-14(6-4-13)21(23)24/h3-9H,10H2,1-2H3,(H,18,22). The molecule has 0 bridgehead atoms. The fourth-order valence-corrected chi connectivity index (χ4v) is 2.43. The summed E-state index contributed by atoms with van der Waals surface area (Å²) >= 11 is 0. The third-order valence-electron chi connectivity index (χ3n) is 3.63. The number of aromatic nitrogens is 2. The number of furan rings is 1. The molecule has 0 unspecified atom stereocenters. The van der Waals surface area contributed by atoms with Crippen LogP contribution in [0.3, 0.4) is 0 Å². The van der Waals surface area contributed by atoms with Gasteiger partial charge in [0, 0.05) is 23.5 Å². The van der Waals surface area contributed by atoms with Crippen molar-refractivity contribution in [3.63, 3.8) is 0 Å². The van der Waals surface area contributed by atoms with E-state index in [9.17, 15) is 14.9 Å². The van der Waals surface area contributed by atoms with Gasteiger partial charge in [0.25, 0.3) is 11.6 Å². The van der Waals surface area contributed by atoms with Crippen molar-refractivity contribution in [2.75, 3.05) is 5.32 Å². The summed E-state index contributed by atoms with van der Waals surface area (Å²) in [7, 11) is 0. The Labute approximate surface area is 143 Å². The number of benzene rings is 1. The smallest absolute Gasteiger partial charge is 0.291 e. The molecule has 1 aromatic carbocycles. The molecule has 0 atom stereocenters. The number of amides is 1. The number of non-ortho nitro benzene ring substituents is 1. The van der Waals surface area contributed by atoms with Crippen molar-refractivity contribution in [2.24, 2.45) is 0 Å². The second kappa shape index (κ2) is 6.60. The third-order valence-corrected chi connectivity index (χ3v) is 3.63. The molecule has 25 heavy (non-hydrogen) atoms. The summed E-state index contributed by atoms with van der Waals surface area (Å²) in [5, 5.41) is 17.6. The van der Waals surface area contributed by atoms with Crippen LogP contribution >= 0.6 is 0 Å². The summed E-state index contributed by atoms with van der Waals surface area (Å²) < 4.78 is 7.36. The van der Waals surface area contributed by atoms with E-state index in [2.05, 4.69) is 10.4 Å². The van der Waals surface area contributed by atoms with Crippen LogP contribution in [0.25, 0.3) is 0 Å². The molecular weight excluding hydrogens is 324 g/mol. The van der Waals surface area contributed by atoms with E-state index >= 15 is 0 Å². The Balaban J connectivity index is 1.68. The number of nitrogens with one attached hydrogen (secondary N) is 1. The van der Waals surface area contributed by atoms with E-state index in [1.165, 1.54) is 24.3 Å². The van der Waals surface area contributed by atoms with Gasteiger partial charge in [0.1, 0.15) is 5.76 Å². The molecule has 128 valence electrons. The number of nitrogens with zero attached hydrogens (tertiary/aromatic N) is 3. The molecule has 0 spiro atoms. The molecule has 1 amide bonds. The van der Waals surface area contributed by atoms with Gasteiger partial charge in [-0.2, -0.15) is 5.10 Å². The van der Waals surface area contributed by atoms with E-state index in [0.29, 0.717) is 18.0 Å². The van der Waals surface area contributed by atoms with Gasteiger partial charge in [-0.15, -0.1) is 0 Å². The fraction of sp³-hybridized carbons (Fsp3) is 0.176. The number of nitro groups is 1. The van der Waals surface area contributed by atoms with E-state index < -0.39 is 10.8 Å². The molecule has 0 saturated carbocycles. The van der Waals surface area contributed by atoms with E-state index in [0.717, 1.165) is 11.4 Å². The Morgan fingerprint density at radius 3 is 2.56 bits per heavy atom. The summed E-state index contributed by atoms with van der Waals surface area (Å²) in [6, 6.07) is 10.9. The Morgan fingerprint density at radius 2 is 1.96 bits per heavy atom. The van der Waals surface area contributed by atoms with Crippen molar-refractivity contribution >= 4 is 17.3 Å². The van der Waals surface area contributed by atoms with Crippen molar-refractivity contribution < 1.29 is 14.1 Å². The first kappa shape index (κ1) is 16.4. The Morgan fingerprint density at radius 1 is 1.24 bits per heavy atom. The monoisotopic (exact) mass is 340 g/mol. The van der Waals surface area contributed by atoms with Crippen LogP contribution in [0.1, 0.15) is 27.7 Å². The lowest BCUT2D eigenvalue weighted by molar-refractivity contribution is -0.384. The Hall–Kier alpha value is -3.42. The Bertz CT molecular complexity index is 925. The van der Waals surface area contributed by atoms with E-state index in [4.69, 9.17) is 4.42 Å². The molecule has 0 aliphatic rings. The number of anilines is 1. The average molecular weight is 340 g/mol. The molecule has 0 radical (unpaired) electrons. The quantitative estimate of drug-likeness (QED) is 0.567. The van der Waals surface area contributed by atoms with Gasteiger partial charge in [-0.1, -0.05) is 0 Å². The minimum atomic E-state index is -0.497. The molecule has 2 heterocycles. The van der Waals surface area contributed by atoms with Crippen LogP contribution in [-0.2, 0) is 6.54 Å². The van der Waals surface area contributed by atoms with Gasteiger partial charge in [0.15, 0.2) is 5.76 Å². The maximum Gasteiger partial charge on any atom is 0.291 e. The summed E-state index contributed by atoms with van der Waals surface area (Å²) in [6.07, 6.45) is 0. The number of hydrogen-bond acceptors (Lipinski definition) is 5. The van der Waals surface area contributed by atoms with Crippen molar-refractivity contribution in [3.8, 4) is 0 Å². The molecule has 8 heteroatoms. The minimum absolute atomic E-state index is 0.0387. The molecule has 0 fully saturated rings. The predicted molar refractivity (Wildman–Crippen MR) is 90.6 cm³/mol. The third kappa shape index (κ3) is 3.74. The van der Waals surface area contributed by atoms with Crippen LogP contribution in [0.15, 0.2) is 46.9 Å². The zero-order valence-electron chi connectivity index (χ0n) is 13.7. The van der Waals surface area contributed by atoms with E-state index in [1.807, 2.05) is 19.9 Å². The molecule has 1 N–H and O–H groups in total. The maximum atomic E-state index is 12.2. The summed E-state index contributed by atoms with van der Waals surface area (Å²) in [5.41, 5.74) is 2.33. The van der Waals surface area contributed by atoms with Crippen LogP contribution in [0, 0.1) is 24.0 Å². The van der Waals surface area contributed by atoms with Crippen LogP contribution in [0.2, 0.25) is 0 Å². The average Bonchev–Trinajstić information content (AvgIpc) is 3.15. The van der Waals surface area contributed by atoms with Crippen molar-refractivity contribution in [1.82, 2.24) is 9.78 Å². The van der Waals surface area contributed by atoms with Gasteiger partial charge in [-0.05, 0) is 44.2 Å². The second-order valence-electron chi connectivity index (χ2n) is 5.61. The topological polar surface area (TPSA) is 103 Å². The normalized spacial score (nSPS) is 10.6. The lowest BCUT2D eigenvalue weighted by Gasteiger charge is -2.03. The fourth-order valence-electron chi connectivity index (χ4n) is 2.43. The lowest BCUT2D eigenvalue weighted by atomic mass is 10.3. The van der Waals surface area contributed by atoms with Gasteiger partial charge in [0.05, 0.1) is 17.2 Å². The van der Waals surface area contributed by atoms with E-state index in [-0.39, 0.29) is 11.4 Å². The molecule has 0 aliphatic heterocycles. The molecular formula is C17H16N4O4. The summed E-state index contributed by atoms with van der Waals surface area (Å²) in [4.78, 5) is 22.3. The number of rotatable bonds is 5. The minimum Gasteiger partial charge on any atom is -0.454 e. The highest BCUT2D eigenvalue weighted by Crippen LogP contribution is 2.17. The zero-order chi connectivity index (χ0) is 18.0. The van der Waals surface area contributed by atoms with Gasteiger partial charge < -0.3 is 9.73 Å². The molecule has 0 saturated heterocycles. The highest BCUT2D eigenvalue weighted by molar-refractivity contribution is 6.02. The maximum absolute atomic E-state index is 12.2. The number of hydrogen-bond donors (Lipinski definition) is 1. The Kier molecular flexibility index (Phi) is 4.34. The number of carbonyl (C=O) groups excluding carboxylic acids is 1. The number of carbonyl (C=O) groups is 1. The first-order valence-electron chi connectivity index (χ1n) is 7.58. The first-order chi connectivity index (χ1) is 11.9. The van der Waals surface area contributed by atoms with Gasteiger partial charge in [-0.25, -0.2) is 0 Å². The number of aryl methyl sites for hydroxylation is 2. The molecule has 0 aliphatic carbocycles. The highest BCUT2D eigenvalue weighted by atomic mass is 16.6. The van der Waals surface area contributed by atoms with Gasteiger partial charge >= 0.3 is 0 Å². The number of nitro benzene ring substituents is 1. The van der Waals surface area contributed by atoms with Crippen LogP contribution < -0.4 is 5.32 Å². The summed E-state index contributed by atoms with van der Waals surface area (Å²) in [5.74, 6) is 0.350. The predicted octanol–water partition coefficient (Wildman–Crippen LogP) is 3.30. The van der Waals surface area contributed by atoms with Crippen LogP contribution in [0.4, 0.5) is 11.4 Å². The van der Waals surface area contributed by atoms with E-state index in [1.54, 1.807) is 16.8 Å². The zero-order valence-corrected chi connectivity index (χ0v) is 13.7. The van der Waals surface area contributed by atoms with Crippen molar-refractivity contribution in [1.29, 1.82) is 0 Å². The lowest BCUT2D eigenvalue weighted by Crippen LogP contribution is -2.11. The molecule has 3 aromatic rings. The van der Waals surface area contributed by atoms with Crippen LogP contribution in [-0.4, -0.2) is 20.6 Å². The van der Waals surface area contributed by atoms with Gasteiger partial charge in [0.2, 0.25) is 0 Å². The molecule has 3 rings (SSSR count). The van der Waals surface area contributed by atoms with Gasteiger partial charge in [-0.3, -0.25) is 19.6 Å². The van der Waals surface area contributed by atoms with Crippen molar-refractivity contribution in [2.45, 2.75) is 20.4 Å².